The minimum Gasteiger partial charge on any atom is -0.324 e. The first-order chi connectivity index (χ1) is 7.14. The molecule has 15 heavy (non-hydrogen) atoms. The molecule has 0 aliphatic rings. The van der Waals surface area contributed by atoms with E-state index in [-0.39, 0.29) is 12.8 Å². The molecule has 0 heterocycles. The second-order valence-corrected chi connectivity index (χ2v) is 5.00. The average molecular weight is 226 g/mol. The summed E-state index contributed by atoms with van der Waals surface area (Å²) in [5.74, 6) is 0. The molecule has 0 saturated carbocycles. The van der Waals surface area contributed by atoms with Crippen molar-refractivity contribution in [2.45, 2.75) is 13.1 Å². The zero-order chi connectivity index (χ0) is 11.1. The summed E-state index contributed by atoms with van der Waals surface area (Å²) in [4.78, 5) is 9.49. The zero-order valence-electron chi connectivity index (χ0n) is 8.67. The second kappa shape index (κ2) is 5.86. The van der Waals surface area contributed by atoms with Gasteiger partial charge < -0.3 is 9.42 Å². The summed E-state index contributed by atoms with van der Waals surface area (Å²) in [6.07, 6.45) is 3.54. The van der Waals surface area contributed by atoms with E-state index in [1.165, 1.54) is 0 Å². The SMILES string of the molecule is CC=CCOP(=O)(O)Cc1ccccc1. The molecule has 0 saturated heterocycles. The van der Waals surface area contributed by atoms with Crippen LogP contribution in [0.4, 0.5) is 0 Å². The number of hydrogen-bond donors (Lipinski definition) is 1. The van der Waals surface area contributed by atoms with Crippen molar-refractivity contribution in [1.82, 2.24) is 0 Å². The standard InChI is InChI=1S/C11H15O3P/c1-2-3-9-14-15(12,13)10-11-7-5-4-6-8-11/h2-8H,9-10H2,1H3,(H,12,13). The van der Waals surface area contributed by atoms with Crippen LogP contribution in [0.2, 0.25) is 0 Å². The maximum atomic E-state index is 11.6. The van der Waals surface area contributed by atoms with Crippen LogP contribution < -0.4 is 0 Å². The Morgan fingerprint density at radius 2 is 2.07 bits per heavy atom. The number of allylic oxidation sites excluding steroid dienone is 1. The lowest BCUT2D eigenvalue weighted by Crippen LogP contribution is -1.93. The van der Waals surface area contributed by atoms with Gasteiger partial charge in [0.1, 0.15) is 0 Å². The van der Waals surface area contributed by atoms with Crippen LogP contribution in [0.15, 0.2) is 42.5 Å². The average Bonchev–Trinajstić information content (AvgIpc) is 2.18. The highest BCUT2D eigenvalue weighted by atomic mass is 31.2. The Hall–Kier alpha value is -0.890. The number of rotatable bonds is 5. The number of benzene rings is 1. The van der Waals surface area contributed by atoms with Crippen molar-refractivity contribution in [3.05, 3.63) is 48.0 Å². The summed E-state index contributed by atoms with van der Waals surface area (Å²) < 4.78 is 16.5. The predicted octanol–water partition coefficient (Wildman–Crippen LogP) is 2.96. The van der Waals surface area contributed by atoms with Gasteiger partial charge in [0, 0.05) is 0 Å². The summed E-state index contributed by atoms with van der Waals surface area (Å²) in [5.41, 5.74) is 0.809. The van der Waals surface area contributed by atoms with Crippen LogP contribution in [0.3, 0.4) is 0 Å². The van der Waals surface area contributed by atoms with Crippen LogP contribution in [-0.2, 0) is 15.3 Å². The lowest BCUT2D eigenvalue weighted by Gasteiger charge is -2.10. The Labute approximate surface area is 89.9 Å². The van der Waals surface area contributed by atoms with Crippen molar-refractivity contribution >= 4 is 7.60 Å². The third-order valence-electron chi connectivity index (χ3n) is 1.83. The van der Waals surface area contributed by atoms with E-state index in [9.17, 15) is 9.46 Å². The fourth-order valence-electron chi connectivity index (χ4n) is 1.12. The molecule has 1 aromatic carbocycles. The van der Waals surface area contributed by atoms with Gasteiger partial charge in [-0.05, 0) is 12.5 Å². The highest BCUT2D eigenvalue weighted by Gasteiger charge is 2.18. The van der Waals surface area contributed by atoms with E-state index in [4.69, 9.17) is 4.52 Å². The molecule has 4 heteroatoms. The fraction of sp³-hybridized carbons (Fsp3) is 0.273. The Bertz CT molecular complexity index is 359. The van der Waals surface area contributed by atoms with Crippen LogP contribution in [0, 0.1) is 0 Å². The molecule has 0 fully saturated rings. The van der Waals surface area contributed by atoms with E-state index in [0.29, 0.717) is 0 Å². The van der Waals surface area contributed by atoms with E-state index in [0.717, 1.165) is 5.56 Å². The first-order valence-electron chi connectivity index (χ1n) is 4.75. The summed E-state index contributed by atoms with van der Waals surface area (Å²) in [5, 5.41) is 0. The monoisotopic (exact) mass is 226 g/mol. The van der Waals surface area contributed by atoms with Crippen LogP contribution >= 0.6 is 7.60 Å². The van der Waals surface area contributed by atoms with Gasteiger partial charge in [0.2, 0.25) is 0 Å². The van der Waals surface area contributed by atoms with E-state index >= 15 is 0 Å². The van der Waals surface area contributed by atoms with Crippen LogP contribution in [0.25, 0.3) is 0 Å². The molecule has 0 spiro atoms. The number of hydrogen-bond acceptors (Lipinski definition) is 2. The summed E-state index contributed by atoms with van der Waals surface area (Å²) >= 11 is 0. The smallest absolute Gasteiger partial charge is 0.324 e. The van der Waals surface area contributed by atoms with Crippen molar-refractivity contribution in [2.75, 3.05) is 6.61 Å². The highest BCUT2D eigenvalue weighted by Crippen LogP contribution is 2.45. The molecule has 0 aromatic heterocycles. The van der Waals surface area contributed by atoms with E-state index in [1.807, 2.05) is 37.3 Å². The Balaban J connectivity index is 2.53. The molecule has 0 aliphatic heterocycles. The van der Waals surface area contributed by atoms with Gasteiger partial charge in [0.15, 0.2) is 0 Å². The van der Waals surface area contributed by atoms with Gasteiger partial charge in [0.25, 0.3) is 0 Å². The van der Waals surface area contributed by atoms with E-state index < -0.39 is 7.60 Å². The zero-order valence-corrected chi connectivity index (χ0v) is 9.56. The van der Waals surface area contributed by atoms with E-state index in [2.05, 4.69) is 0 Å². The Morgan fingerprint density at radius 3 is 2.67 bits per heavy atom. The maximum Gasteiger partial charge on any atom is 0.332 e. The molecule has 0 amide bonds. The lowest BCUT2D eigenvalue weighted by molar-refractivity contribution is 0.286. The summed E-state index contributed by atoms with van der Waals surface area (Å²) in [6.45, 7) is 2.01. The third-order valence-corrected chi connectivity index (χ3v) is 3.15. The molecule has 1 unspecified atom stereocenters. The minimum atomic E-state index is -3.50. The van der Waals surface area contributed by atoms with Crippen molar-refractivity contribution in [3.8, 4) is 0 Å². The van der Waals surface area contributed by atoms with Crippen LogP contribution in [0.5, 0.6) is 0 Å². The first kappa shape index (κ1) is 12.2. The van der Waals surface area contributed by atoms with Gasteiger partial charge in [-0.1, -0.05) is 42.5 Å². The minimum absolute atomic E-state index is 0.0609. The van der Waals surface area contributed by atoms with Crippen molar-refractivity contribution in [3.63, 3.8) is 0 Å². The van der Waals surface area contributed by atoms with Crippen molar-refractivity contribution in [2.24, 2.45) is 0 Å². The van der Waals surface area contributed by atoms with Crippen LogP contribution in [0.1, 0.15) is 12.5 Å². The van der Waals surface area contributed by atoms with Gasteiger partial charge in [0.05, 0.1) is 12.8 Å². The first-order valence-corrected chi connectivity index (χ1v) is 6.52. The second-order valence-electron chi connectivity index (χ2n) is 3.15. The van der Waals surface area contributed by atoms with Crippen LogP contribution in [-0.4, -0.2) is 11.5 Å². The molecular formula is C11H15O3P. The molecule has 1 atom stereocenters. The van der Waals surface area contributed by atoms with E-state index in [1.54, 1.807) is 12.2 Å². The lowest BCUT2D eigenvalue weighted by atomic mass is 10.2. The van der Waals surface area contributed by atoms with Gasteiger partial charge in [-0.15, -0.1) is 0 Å². The third kappa shape index (κ3) is 4.93. The van der Waals surface area contributed by atoms with Gasteiger partial charge >= 0.3 is 7.60 Å². The Morgan fingerprint density at radius 1 is 1.40 bits per heavy atom. The predicted molar refractivity (Wildman–Crippen MR) is 60.7 cm³/mol. The topological polar surface area (TPSA) is 46.5 Å². The molecule has 0 bridgehead atoms. The summed E-state index contributed by atoms with van der Waals surface area (Å²) in [7, 11) is -3.50. The van der Waals surface area contributed by atoms with Crippen molar-refractivity contribution in [1.29, 1.82) is 0 Å². The molecular weight excluding hydrogens is 211 g/mol. The fourth-order valence-corrected chi connectivity index (χ4v) is 2.20. The largest absolute Gasteiger partial charge is 0.332 e. The van der Waals surface area contributed by atoms with Gasteiger partial charge in [-0.2, -0.15) is 0 Å². The Kier molecular flexibility index (Phi) is 4.76. The quantitative estimate of drug-likeness (QED) is 0.620. The molecule has 82 valence electrons. The van der Waals surface area contributed by atoms with Crippen molar-refractivity contribution < 1.29 is 14.0 Å². The molecule has 3 nitrogen and oxygen atoms in total. The van der Waals surface area contributed by atoms with Gasteiger partial charge in [-0.3, -0.25) is 4.57 Å². The van der Waals surface area contributed by atoms with Gasteiger partial charge in [-0.25, -0.2) is 0 Å². The molecule has 0 radical (unpaired) electrons. The summed E-state index contributed by atoms with van der Waals surface area (Å²) in [6, 6.07) is 9.15. The molecule has 1 N–H and O–H groups in total. The molecule has 1 rings (SSSR count). The highest BCUT2D eigenvalue weighted by molar-refractivity contribution is 7.51. The molecule has 0 aliphatic carbocycles. The maximum absolute atomic E-state index is 11.6. The normalized spacial score (nSPS) is 15.3. The molecule has 1 aromatic rings.